The summed E-state index contributed by atoms with van der Waals surface area (Å²) in [5, 5.41) is 8.98. The number of carboxylic acids is 1. The molecular weight excluding hydrogens is 316 g/mol. The van der Waals surface area contributed by atoms with Crippen LogP contribution in [-0.4, -0.2) is 37.5 Å². The molecule has 1 aromatic carbocycles. The Labute approximate surface area is 145 Å². The Morgan fingerprint density at radius 3 is 2.80 bits per heavy atom. The van der Waals surface area contributed by atoms with E-state index in [-0.39, 0.29) is 0 Å². The van der Waals surface area contributed by atoms with E-state index in [1.807, 2.05) is 30.5 Å². The van der Waals surface area contributed by atoms with Gasteiger partial charge in [0.05, 0.1) is 17.0 Å². The summed E-state index contributed by atoms with van der Waals surface area (Å²) < 4.78 is 0. The highest BCUT2D eigenvalue weighted by Gasteiger charge is 2.20. The molecule has 1 aliphatic heterocycles. The molecule has 0 amide bonds. The molecule has 126 valence electrons. The normalized spacial score (nSPS) is 14.2. The van der Waals surface area contributed by atoms with Gasteiger partial charge in [0.2, 0.25) is 0 Å². The number of carbonyl (C=O) groups is 1. The average molecular weight is 334 g/mol. The van der Waals surface area contributed by atoms with Crippen molar-refractivity contribution >= 4 is 5.97 Å². The van der Waals surface area contributed by atoms with Crippen molar-refractivity contribution in [3.8, 4) is 11.4 Å². The molecule has 0 aliphatic carbocycles. The minimum absolute atomic E-state index is 0.319. The first-order chi connectivity index (χ1) is 12.2. The quantitative estimate of drug-likeness (QED) is 0.767. The number of hydrogen-bond acceptors (Lipinski definition) is 4. The monoisotopic (exact) mass is 334 g/mol. The van der Waals surface area contributed by atoms with Crippen LogP contribution in [0.25, 0.3) is 11.4 Å². The van der Waals surface area contributed by atoms with Crippen LogP contribution in [0.2, 0.25) is 0 Å². The Balaban J connectivity index is 1.47. The fourth-order valence-electron chi connectivity index (χ4n) is 3.14. The highest BCUT2D eigenvalue weighted by molar-refractivity contribution is 5.87. The van der Waals surface area contributed by atoms with E-state index >= 15 is 0 Å². The third-order valence-electron chi connectivity index (χ3n) is 4.45. The number of rotatable bonds is 4. The summed E-state index contributed by atoms with van der Waals surface area (Å²) in [5.41, 5.74) is 4.69. The van der Waals surface area contributed by atoms with Gasteiger partial charge in [0.1, 0.15) is 5.82 Å². The summed E-state index contributed by atoms with van der Waals surface area (Å²) in [4.78, 5) is 25.5. The van der Waals surface area contributed by atoms with Crippen molar-refractivity contribution in [2.45, 2.75) is 19.5 Å². The van der Waals surface area contributed by atoms with E-state index in [2.05, 4.69) is 14.9 Å². The van der Waals surface area contributed by atoms with Gasteiger partial charge in [-0.05, 0) is 29.8 Å². The van der Waals surface area contributed by atoms with Crippen LogP contribution in [0.4, 0.5) is 0 Å². The molecule has 6 heteroatoms. The van der Waals surface area contributed by atoms with Crippen molar-refractivity contribution in [2.75, 3.05) is 6.54 Å². The van der Waals surface area contributed by atoms with Crippen molar-refractivity contribution in [1.82, 2.24) is 19.9 Å². The summed E-state index contributed by atoms with van der Waals surface area (Å²) >= 11 is 0. The number of fused-ring (bicyclic) bond motifs is 1. The molecule has 25 heavy (non-hydrogen) atoms. The van der Waals surface area contributed by atoms with Gasteiger partial charge in [-0.3, -0.25) is 9.88 Å². The molecule has 0 radical (unpaired) electrons. The number of aromatic amines is 1. The van der Waals surface area contributed by atoms with Gasteiger partial charge in [-0.25, -0.2) is 9.78 Å². The highest BCUT2D eigenvalue weighted by atomic mass is 16.4. The SMILES string of the molecule is O=C(O)c1ccc(CN2CCc3nc(-c4cccnc4)[nH]c3C2)cc1. The zero-order valence-corrected chi connectivity index (χ0v) is 13.6. The molecule has 1 aliphatic rings. The lowest BCUT2D eigenvalue weighted by atomic mass is 10.1. The first-order valence-corrected chi connectivity index (χ1v) is 8.22. The Hall–Kier alpha value is -2.99. The second-order valence-corrected chi connectivity index (χ2v) is 6.22. The fraction of sp³-hybridized carbons (Fsp3) is 0.211. The predicted molar refractivity (Wildman–Crippen MR) is 93.0 cm³/mol. The van der Waals surface area contributed by atoms with Crippen molar-refractivity contribution in [2.24, 2.45) is 0 Å². The lowest BCUT2D eigenvalue weighted by molar-refractivity contribution is 0.0697. The van der Waals surface area contributed by atoms with Gasteiger partial charge in [0.25, 0.3) is 0 Å². The van der Waals surface area contributed by atoms with Gasteiger partial charge in [-0.2, -0.15) is 0 Å². The molecule has 0 unspecified atom stereocenters. The average Bonchev–Trinajstić information content (AvgIpc) is 3.06. The summed E-state index contributed by atoms with van der Waals surface area (Å²) in [7, 11) is 0. The second-order valence-electron chi connectivity index (χ2n) is 6.22. The van der Waals surface area contributed by atoms with Gasteiger partial charge in [-0.1, -0.05) is 12.1 Å². The lowest BCUT2D eigenvalue weighted by Gasteiger charge is -2.26. The Morgan fingerprint density at radius 2 is 2.08 bits per heavy atom. The van der Waals surface area contributed by atoms with E-state index in [1.165, 1.54) is 0 Å². The smallest absolute Gasteiger partial charge is 0.335 e. The topological polar surface area (TPSA) is 82.1 Å². The maximum atomic E-state index is 10.9. The van der Waals surface area contributed by atoms with Crippen LogP contribution >= 0.6 is 0 Å². The lowest BCUT2D eigenvalue weighted by Crippen LogP contribution is -2.30. The number of benzene rings is 1. The highest BCUT2D eigenvalue weighted by Crippen LogP contribution is 2.23. The molecule has 3 aromatic rings. The molecule has 3 heterocycles. The van der Waals surface area contributed by atoms with E-state index in [0.717, 1.165) is 54.4 Å². The first-order valence-electron chi connectivity index (χ1n) is 8.22. The van der Waals surface area contributed by atoms with E-state index in [0.29, 0.717) is 5.56 Å². The molecule has 0 atom stereocenters. The molecule has 0 fully saturated rings. The zero-order valence-electron chi connectivity index (χ0n) is 13.6. The van der Waals surface area contributed by atoms with E-state index < -0.39 is 5.97 Å². The standard InChI is InChI=1S/C19H18N4O2/c24-19(25)14-5-3-13(4-6-14)11-23-9-7-16-17(12-23)22-18(21-16)15-2-1-8-20-10-15/h1-6,8,10H,7,9,11-12H2,(H,21,22)(H,24,25). The van der Waals surface area contributed by atoms with Crippen molar-refractivity contribution in [3.63, 3.8) is 0 Å². The van der Waals surface area contributed by atoms with Crippen LogP contribution in [0.1, 0.15) is 27.3 Å². The van der Waals surface area contributed by atoms with Crippen LogP contribution in [-0.2, 0) is 19.5 Å². The molecule has 4 rings (SSSR count). The van der Waals surface area contributed by atoms with Crippen LogP contribution in [0, 0.1) is 0 Å². The van der Waals surface area contributed by atoms with Gasteiger partial charge in [0.15, 0.2) is 0 Å². The summed E-state index contributed by atoms with van der Waals surface area (Å²) in [6, 6.07) is 11.0. The summed E-state index contributed by atoms with van der Waals surface area (Å²) in [6.45, 7) is 2.54. The number of hydrogen-bond donors (Lipinski definition) is 2. The molecule has 0 saturated heterocycles. The van der Waals surface area contributed by atoms with Crippen LogP contribution in [0.15, 0.2) is 48.8 Å². The molecule has 0 saturated carbocycles. The summed E-state index contributed by atoms with van der Waals surface area (Å²) in [5.74, 6) is -0.0275. The number of carboxylic acid groups (broad SMARTS) is 1. The number of aromatic carboxylic acids is 1. The molecule has 0 spiro atoms. The Morgan fingerprint density at radius 1 is 1.24 bits per heavy atom. The predicted octanol–water partition coefficient (Wildman–Crippen LogP) is 2.73. The number of pyridine rings is 1. The number of H-pyrrole nitrogens is 1. The van der Waals surface area contributed by atoms with E-state index in [1.54, 1.807) is 18.3 Å². The van der Waals surface area contributed by atoms with Crippen LogP contribution in [0.3, 0.4) is 0 Å². The maximum Gasteiger partial charge on any atom is 0.335 e. The minimum Gasteiger partial charge on any atom is -0.478 e. The zero-order chi connectivity index (χ0) is 17.2. The molecular formula is C19H18N4O2. The first kappa shape index (κ1) is 15.5. The van der Waals surface area contributed by atoms with Crippen molar-refractivity contribution in [1.29, 1.82) is 0 Å². The fourth-order valence-corrected chi connectivity index (χ4v) is 3.14. The van der Waals surface area contributed by atoms with Gasteiger partial charge in [-0.15, -0.1) is 0 Å². The van der Waals surface area contributed by atoms with Gasteiger partial charge >= 0.3 is 5.97 Å². The Bertz CT molecular complexity index is 888. The number of nitrogens with one attached hydrogen (secondary N) is 1. The van der Waals surface area contributed by atoms with Gasteiger partial charge in [0, 0.05) is 44.0 Å². The maximum absolute atomic E-state index is 10.9. The van der Waals surface area contributed by atoms with Gasteiger partial charge < -0.3 is 10.1 Å². The van der Waals surface area contributed by atoms with Crippen LogP contribution < -0.4 is 0 Å². The van der Waals surface area contributed by atoms with E-state index in [4.69, 9.17) is 10.1 Å². The second kappa shape index (κ2) is 6.49. The third-order valence-corrected chi connectivity index (χ3v) is 4.45. The Kier molecular flexibility index (Phi) is 4.03. The third kappa shape index (κ3) is 3.29. The number of aromatic nitrogens is 3. The molecule has 2 aromatic heterocycles. The van der Waals surface area contributed by atoms with Crippen molar-refractivity contribution in [3.05, 3.63) is 71.3 Å². The number of imidazole rings is 1. The van der Waals surface area contributed by atoms with E-state index in [9.17, 15) is 4.79 Å². The van der Waals surface area contributed by atoms with Crippen molar-refractivity contribution < 1.29 is 9.90 Å². The largest absolute Gasteiger partial charge is 0.478 e. The molecule has 0 bridgehead atoms. The van der Waals surface area contributed by atoms with Crippen LogP contribution in [0.5, 0.6) is 0 Å². The summed E-state index contributed by atoms with van der Waals surface area (Å²) in [6.07, 6.45) is 4.47. The molecule has 6 nitrogen and oxygen atoms in total. The number of nitrogens with zero attached hydrogens (tertiary/aromatic N) is 3. The minimum atomic E-state index is -0.894. The molecule has 2 N–H and O–H groups in total.